The Labute approximate surface area is 125 Å². The van der Waals surface area contributed by atoms with Crippen LogP contribution in [0.25, 0.3) is 10.6 Å². The van der Waals surface area contributed by atoms with Gasteiger partial charge < -0.3 is 5.32 Å². The summed E-state index contributed by atoms with van der Waals surface area (Å²) in [5.41, 5.74) is 0.267. The van der Waals surface area contributed by atoms with Crippen molar-refractivity contribution in [3.63, 3.8) is 0 Å². The summed E-state index contributed by atoms with van der Waals surface area (Å²) in [5.74, 6) is 0. The molecule has 20 heavy (non-hydrogen) atoms. The predicted octanol–water partition coefficient (Wildman–Crippen LogP) is 3.44. The molecule has 1 aromatic heterocycles. The lowest BCUT2D eigenvalue weighted by atomic mass is 10.2. The number of hydrogen-bond donors (Lipinski definition) is 1. The molecule has 2 rings (SSSR count). The fourth-order valence-electron chi connectivity index (χ4n) is 1.78. The van der Waals surface area contributed by atoms with Gasteiger partial charge in [0.25, 0.3) is 5.69 Å². The summed E-state index contributed by atoms with van der Waals surface area (Å²) in [7, 11) is 0. The molecule has 1 atom stereocenters. The van der Waals surface area contributed by atoms with Crippen LogP contribution in [-0.4, -0.2) is 21.7 Å². The Morgan fingerprint density at radius 1 is 1.50 bits per heavy atom. The Bertz CT molecular complexity index is 632. The van der Waals surface area contributed by atoms with Gasteiger partial charge in [0.15, 0.2) is 5.01 Å². The zero-order valence-electron chi connectivity index (χ0n) is 11.0. The first kappa shape index (κ1) is 14.8. The first-order chi connectivity index (χ1) is 9.54. The van der Waals surface area contributed by atoms with Gasteiger partial charge in [-0.25, -0.2) is 0 Å². The summed E-state index contributed by atoms with van der Waals surface area (Å²) in [5, 5.41) is 23.9. The molecule has 1 aromatic carbocycles. The largest absolute Gasteiger partial charge is 0.308 e. The molecule has 0 saturated heterocycles. The van der Waals surface area contributed by atoms with Crippen molar-refractivity contribution >= 4 is 28.6 Å². The third-order valence-corrected chi connectivity index (χ3v) is 4.16. The van der Waals surface area contributed by atoms with Gasteiger partial charge >= 0.3 is 0 Å². The molecule has 0 bridgehead atoms. The Morgan fingerprint density at radius 2 is 2.25 bits per heavy atom. The minimum Gasteiger partial charge on any atom is -0.308 e. The highest BCUT2D eigenvalue weighted by Crippen LogP contribution is 2.38. The van der Waals surface area contributed by atoms with E-state index in [1.165, 1.54) is 17.4 Å². The molecule has 0 amide bonds. The minimum absolute atomic E-state index is 0.0489. The second kappa shape index (κ2) is 6.25. The second-order valence-corrected chi connectivity index (χ2v) is 5.53. The standard InChI is InChI=1S/C12H13ClN4O2S/c1-3-14-7(2)11-15-16-12(20-11)10-8(13)5-4-6-9(10)17(18)19/h4-7,14H,3H2,1-2H3. The topological polar surface area (TPSA) is 81.0 Å². The second-order valence-electron chi connectivity index (χ2n) is 4.12. The molecular weight excluding hydrogens is 300 g/mol. The monoisotopic (exact) mass is 312 g/mol. The van der Waals surface area contributed by atoms with Crippen LogP contribution in [0.2, 0.25) is 5.02 Å². The van der Waals surface area contributed by atoms with Gasteiger partial charge in [-0.3, -0.25) is 10.1 Å². The molecule has 0 saturated carbocycles. The third kappa shape index (κ3) is 2.95. The molecule has 1 N–H and O–H groups in total. The van der Waals surface area contributed by atoms with E-state index in [2.05, 4.69) is 15.5 Å². The van der Waals surface area contributed by atoms with Crippen molar-refractivity contribution in [2.75, 3.05) is 6.54 Å². The van der Waals surface area contributed by atoms with Crippen LogP contribution >= 0.6 is 22.9 Å². The number of nitrogens with zero attached hydrogens (tertiary/aromatic N) is 3. The Hall–Kier alpha value is -1.57. The molecule has 2 aromatic rings. The summed E-state index contributed by atoms with van der Waals surface area (Å²) in [6, 6.07) is 4.62. The molecular formula is C12H13ClN4O2S. The third-order valence-electron chi connectivity index (χ3n) is 2.72. The number of rotatable bonds is 5. The number of benzene rings is 1. The number of nitro benzene ring substituents is 1. The predicted molar refractivity (Wildman–Crippen MR) is 79.1 cm³/mol. The van der Waals surface area contributed by atoms with E-state index in [1.807, 2.05) is 13.8 Å². The Balaban J connectivity index is 2.45. The molecule has 0 fully saturated rings. The van der Waals surface area contributed by atoms with Crippen LogP contribution in [0.1, 0.15) is 24.9 Å². The van der Waals surface area contributed by atoms with Crippen LogP contribution in [0, 0.1) is 10.1 Å². The number of aromatic nitrogens is 2. The van der Waals surface area contributed by atoms with Crippen molar-refractivity contribution in [1.29, 1.82) is 0 Å². The average Bonchev–Trinajstić information content (AvgIpc) is 2.88. The van der Waals surface area contributed by atoms with Gasteiger partial charge in [0.1, 0.15) is 10.6 Å². The molecule has 0 spiro atoms. The van der Waals surface area contributed by atoms with E-state index in [-0.39, 0.29) is 11.7 Å². The van der Waals surface area contributed by atoms with E-state index < -0.39 is 4.92 Å². The van der Waals surface area contributed by atoms with E-state index in [0.717, 1.165) is 11.6 Å². The van der Waals surface area contributed by atoms with Crippen LogP contribution < -0.4 is 5.32 Å². The summed E-state index contributed by atoms with van der Waals surface area (Å²) in [6.45, 7) is 4.77. The van der Waals surface area contributed by atoms with Crippen molar-refractivity contribution in [2.24, 2.45) is 0 Å². The number of nitro groups is 1. The van der Waals surface area contributed by atoms with Crippen LogP contribution in [-0.2, 0) is 0 Å². The number of halogens is 1. The molecule has 6 nitrogen and oxygen atoms in total. The molecule has 0 radical (unpaired) electrons. The molecule has 0 aliphatic rings. The van der Waals surface area contributed by atoms with Crippen LogP contribution in [0.5, 0.6) is 0 Å². The SMILES string of the molecule is CCNC(C)c1nnc(-c2c(Cl)cccc2[N+](=O)[O-])s1. The van der Waals surface area contributed by atoms with Gasteiger partial charge in [-0.15, -0.1) is 10.2 Å². The molecule has 0 aliphatic carbocycles. The Morgan fingerprint density at radius 3 is 2.90 bits per heavy atom. The first-order valence-electron chi connectivity index (χ1n) is 6.04. The van der Waals surface area contributed by atoms with E-state index in [4.69, 9.17) is 11.6 Å². The maximum Gasteiger partial charge on any atom is 0.281 e. The average molecular weight is 313 g/mol. The maximum absolute atomic E-state index is 11.1. The van der Waals surface area contributed by atoms with Crippen LogP contribution in [0.15, 0.2) is 18.2 Å². The smallest absolute Gasteiger partial charge is 0.281 e. The number of hydrogen-bond acceptors (Lipinski definition) is 6. The number of nitrogens with one attached hydrogen (secondary N) is 1. The molecule has 1 unspecified atom stereocenters. The quantitative estimate of drug-likeness (QED) is 0.675. The van der Waals surface area contributed by atoms with Gasteiger partial charge in [-0.1, -0.05) is 35.9 Å². The fourth-order valence-corrected chi connectivity index (χ4v) is 3.03. The normalized spacial score (nSPS) is 12.3. The van der Waals surface area contributed by atoms with Crippen molar-refractivity contribution in [3.8, 4) is 10.6 Å². The van der Waals surface area contributed by atoms with Gasteiger partial charge in [0.2, 0.25) is 0 Å². The van der Waals surface area contributed by atoms with Gasteiger partial charge in [0.05, 0.1) is 16.0 Å². The van der Waals surface area contributed by atoms with Crippen LogP contribution in [0.3, 0.4) is 0 Å². The van der Waals surface area contributed by atoms with E-state index in [0.29, 0.717) is 15.6 Å². The first-order valence-corrected chi connectivity index (χ1v) is 7.24. The van der Waals surface area contributed by atoms with Crippen molar-refractivity contribution in [1.82, 2.24) is 15.5 Å². The van der Waals surface area contributed by atoms with Crippen LogP contribution in [0.4, 0.5) is 5.69 Å². The highest BCUT2D eigenvalue weighted by Gasteiger charge is 2.22. The fraction of sp³-hybridized carbons (Fsp3) is 0.333. The molecule has 1 heterocycles. The zero-order valence-corrected chi connectivity index (χ0v) is 12.5. The summed E-state index contributed by atoms with van der Waals surface area (Å²) in [4.78, 5) is 10.6. The van der Waals surface area contributed by atoms with Gasteiger partial charge in [0, 0.05) is 6.07 Å². The summed E-state index contributed by atoms with van der Waals surface area (Å²) in [6.07, 6.45) is 0. The lowest BCUT2D eigenvalue weighted by Crippen LogP contribution is -2.17. The van der Waals surface area contributed by atoms with Gasteiger partial charge in [-0.2, -0.15) is 0 Å². The van der Waals surface area contributed by atoms with Crippen molar-refractivity contribution < 1.29 is 4.92 Å². The molecule has 8 heteroatoms. The lowest BCUT2D eigenvalue weighted by Gasteiger charge is -2.06. The lowest BCUT2D eigenvalue weighted by molar-refractivity contribution is -0.384. The van der Waals surface area contributed by atoms with Crippen molar-refractivity contribution in [2.45, 2.75) is 19.9 Å². The maximum atomic E-state index is 11.1. The highest BCUT2D eigenvalue weighted by molar-refractivity contribution is 7.14. The van der Waals surface area contributed by atoms with E-state index in [9.17, 15) is 10.1 Å². The summed E-state index contributed by atoms with van der Waals surface area (Å²) >= 11 is 7.38. The molecule has 0 aliphatic heterocycles. The summed E-state index contributed by atoms with van der Waals surface area (Å²) < 4.78 is 0. The zero-order chi connectivity index (χ0) is 14.7. The van der Waals surface area contributed by atoms with E-state index in [1.54, 1.807) is 12.1 Å². The Kier molecular flexibility index (Phi) is 4.64. The minimum atomic E-state index is -0.462. The molecule has 106 valence electrons. The highest BCUT2D eigenvalue weighted by atomic mass is 35.5. The van der Waals surface area contributed by atoms with E-state index >= 15 is 0 Å². The van der Waals surface area contributed by atoms with Crippen molar-refractivity contribution in [3.05, 3.63) is 38.3 Å². The van der Waals surface area contributed by atoms with Gasteiger partial charge in [-0.05, 0) is 19.5 Å².